The molecule has 0 fully saturated rings. The van der Waals surface area contributed by atoms with Crippen molar-refractivity contribution in [3.05, 3.63) is 0 Å². The zero-order chi connectivity index (χ0) is 10.2. The monoisotopic (exact) mass is 237 g/mol. The Kier molecular flexibility index (Phi) is 15.2. The average molecular weight is 238 g/mol. The first kappa shape index (κ1) is 19.0. The first-order valence-corrected chi connectivity index (χ1v) is 4.83. The summed E-state index contributed by atoms with van der Waals surface area (Å²) in [5.74, 6) is 0. The lowest BCUT2D eigenvalue weighted by molar-refractivity contribution is 0.0969. The van der Waals surface area contributed by atoms with Crippen LogP contribution in [0.1, 0.15) is 6.92 Å². The largest absolute Gasteiger partial charge is 0.469 e. The lowest BCUT2D eigenvalue weighted by Gasteiger charge is -2.05. The number of aliphatic hydroxyl groups excluding tert-OH is 1. The maximum absolute atomic E-state index is 9.90. The van der Waals surface area contributed by atoms with Crippen molar-refractivity contribution in [3.63, 3.8) is 0 Å². The van der Waals surface area contributed by atoms with Crippen LogP contribution in [-0.2, 0) is 9.09 Å². The average Bonchev–Trinajstić information content (AvgIpc) is 1.84. The molecule has 0 aromatic heterocycles. The minimum atomic E-state index is -4.38. The van der Waals surface area contributed by atoms with Crippen molar-refractivity contribution in [3.8, 4) is 0 Å². The number of rotatable bonds is 3. The van der Waals surface area contributed by atoms with Crippen LogP contribution >= 0.6 is 20.2 Å². The fraction of sp³-hybridized carbons (Fsp3) is 1.00. The summed E-state index contributed by atoms with van der Waals surface area (Å²) in [6.07, 6.45) is -0.849. The molecule has 4 N–H and O–H groups in total. The molecule has 0 aromatic carbocycles. The third kappa shape index (κ3) is 32.9. The topological polar surface area (TPSA) is 99.0 Å². The van der Waals surface area contributed by atoms with Crippen molar-refractivity contribution in [1.29, 1.82) is 0 Å². The summed E-state index contributed by atoms with van der Waals surface area (Å²) >= 11 is 0. The van der Waals surface area contributed by atoms with E-state index in [0.29, 0.717) is 0 Å². The molecule has 0 aliphatic rings. The summed E-state index contributed by atoms with van der Waals surface area (Å²) < 4.78 is 13.8. The van der Waals surface area contributed by atoms with Gasteiger partial charge in [0.15, 0.2) is 0 Å². The summed E-state index contributed by atoms with van der Waals surface area (Å²) in [5.41, 5.74) is 0. The van der Waals surface area contributed by atoms with Crippen LogP contribution in [0.2, 0.25) is 0 Å². The van der Waals surface area contributed by atoms with Crippen molar-refractivity contribution in [1.82, 2.24) is 5.32 Å². The molecule has 0 rings (SSSR count). The van der Waals surface area contributed by atoms with Gasteiger partial charge >= 0.3 is 7.82 Å². The van der Waals surface area contributed by atoms with Gasteiger partial charge < -0.3 is 20.2 Å². The van der Waals surface area contributed by atoms with Crippen LogP contribution in [0.3, 0.4) is 0 Å². The van der Waals surface area contributed by atoms with Crippen molar-refractivity contribution in [2.24, 2.45) is 0 Å². The van der Waals surface area contributed by atoms with Gasteiger partial charge in [0.2, 0.25) is 0 Å². The summed E-state index contributed by atoms with van der Waals surface area (Å²) in [6.45, 7) is 1.03. The van der Waals surface area contributed by atoms with Gasteiger partial charge in [-0.05, 0) is 21.0 Å². The second kappa shape index (κ2) is 10.4. The molecule has 6 nitrogen and oxygen atoms in total. The minimum Gasteiger partial charge on any atom is -0.391 e. The number of nitrogens with one attached hydrogen (secondary N) is 1. The number of phosphoric acid groups is 1. The summed E-state index contributed by atoms with van der Waals surface area (Å²) in [4.78, 5) is 16.1. The summed E-state index contributed by atoms with van der Waals surface area (Å²) in [5, 5.41) is 11.2. The number of halogens is 1. The van der Waals surface area contributed by atoms with E-state index in [4.69, 9.17) is 14.9 Å². The molecule has 1 unspecified atom stereocenters. The molecule has 8 heteroatoms. The first-order valence-electron chi connectivity index (χ1n) is 3.30. The van der Waals surface area contributed by atoms with Crippen molar-refractivity contribution < 1.29 is 24.0 Å². The first-order chi connectivity index (χ1) is 5.33. The SMILES string of the molecule is CC(O)COP(=O)(O)O.CNC.Cl. The fourth-order valence-electron chi connectivity index (χ4n) is 0.205. The van der Waals surface area contributed by atoms with Crippen molar-refractivity contribution >= 4 is 20.2 Å². The Labute approximate surface area is 84.0 Å². The van der Waals surface area contributed by atoms with Crippen molar-refractivity contribution in [2.75, 3.05) is 20.7 Å². The molecular weight excluding hydrogens is 220 g/mol. The van der Waals surface area contributed by atoms with E-state index in [-0.39, 0.29) is 19.0 Å². The van der Waals surface area contributed by atoms with E-state index in [1.807, 2.05) is 14.1 Å². The highest BCUT2D eigenvalue weighted by atomic mass is 35.5. The van der Waals surface area contributed by atoms with Crippen LogP contribution in [-0.4, -0.2) is 41.7 Å². The number of aliphatic hydroxyl groups is 1. The van der Waals surface area contributed by atoms with Crippen LogP contribution in [0.25, 0.3) is 0 Å². The number of phosphoric ester groups is 1. The molecule has 0 saturated heterocycles. The molecular formula is C5H17ClNO5P. The van der Waals surface area contributed by atoms with E-state index in [2.05, 4.69) is 9.84 Å². The van der Waals surface area contributed by atoms with Gasteiger partial charge in [-0.25, -0.2) is 4.57 Å². The van der Waals surface area contributed by atoms with E-state index in [9.17, 15) is 4.57 Å². The van der Waals surface area contributed by atoms with Gasteiger partial charge in [0.05, 0.1) is 12.7 Å². The summed E-state index contributed by atoms with van der Waals surface area (Å²) in [7, 11) is -0.630. The van der Waals surface area contributed by atoms with Gasteiger partial charge in [-0.2, -0.15) is 0 Å². The smallest absolute Gasteiger partial charge is 0.391 e. The van der Waals surface area contributed by atoms with E-state index >= 15 is 0 Å². The summed E-state index contributed by atoms with van der Waals surface area (Å²) in [6, 6.07) is 0. The Bertz CT molecular complexity index is 139. The molecule has 0 saturated carbocycles. The second-order valence-electron chi connectivity index (χ2n) is 2.14. The van der Waals surface area contributed by atoms with E-state index in [0.717, 1.165) is 0 Å². The molecule has 0 aliphatic heterocycles. The quantitative estimate of drug-likeness (QED) is 0.505. The number of hydrogen-bond acceptors (Lipinski definition) is 4. The normalized spacial score (nSPS) is 12.2. The molecule has 1 atom stereocenters. The maximum Gasteiger partial charge on any atom is 0.469 e. The maximum atomic E-state index is 9.90. The lowest BCUT2D eigenvalue weighted by atomic mass is 10.5. The van der Waals surface area contributed by atoms with E-state index in [1.165, 1.54) is 6.92 Å². The third-order valence-corrected chi connectivity index (χ3v) is 0.969. The zero-order valence-corrected chi connectivity index (χ0v) is 9.51. The van der Waals surface area contributed by atoms with Crippen LogP contribution in [0.4, 0.5) is 0 Å². The molecule has 84 valence electrons. The highest BCUT2D eigenvalue weighted by molar-refractivity contribution is 7.46. The Hall–Kier alpha value is 0.320. The number of hydrogen-bond donors (Lipinski definition) is 4. The highest BCUT2D eigenvalue weighted by Crippen LogP contribution is 2.35. The van der Waals surface area contributed by atoms with Gasteiger partial charge in [0.25, 0.3) is 0 Å². The molecule has 0 spiro atoms. The zero-order valence-electron chi connectivity index (χ0n) is 7.80. The third-order valence-electron chi connectivity index (χ3n) is 0.484. The predicted octanol–water partition coefficient (Wildman–Crippen LogP) is -0.266. The Morgan fingerprint density at radius 1 is 1.46 bits per heavy atom. The predicted molar refractivity (Wildman–Crippen MR) is 51.9 cm³/mol. The van der Waals surface area contributed by atoms with E-state index < -0.39 is 13.9 Å². The molecule has 13 heavy (non-hydrogen) atoms. The molecule has 0 bridgehead atoms. The van der Waals surface area contributed by atoms with Gasteiger partial charge in [-0.3, -0.25) is 4.52 Å². The molecule has 0 radical (unpaired) electrons. The van der Waals surface area contributed by atoms with E-state index in [1.54, 1.807) is 0 Å². The molecule has 0 aromatic rings. The Morgan fingerprint density at radius 3 is 1.85 bits per heavy atom. The highest BCUT2D eigenvalue weighted by Gasteiger charge is 2.14. The van der Waals surface area contributed by atoms with Crippen LogP contribution in [0.5, 0.6) is 0 Å². The van der Waals surface area contributed by atoms with Gasteiger partial charge in [0, 0.05) is 0 Å². The van der Waals surface area contributed by atoms with Crippen molar-refractivity contribution in [2.45, 2.75) is 13.0 Å². The standard InChI is InChI=1S/C3H9O5P.C2H7N.ClH/c1-3(4)2-8-9(5,6)7;1-3-2;/h3-4H,2H2,1H3,(H2,5,6,7);3H,1-2H3;1H. The van der Waals surface area contributed by atoms with Crippen LogP contribution in [0.15, 0.2) is 0 Å². The van der Waals surface area contributed by atoms with Crippen LogP contribution < -0.4 is 5.32 Å². The second-order valence-corrected chi connectivity index (χ2v) is 3.37. The van der Waals surface area contributed by atoms with Gasteiger partial charge in [-0.1, -0.05) is 0 Å². The van der Waals surface area contributed by atoms with Crippen LogP contribution in [0, 0.1) is 0 Å². The van der Waals surface area contributed by atoms with Gasteiger partial charge in [0.1, 0.15) is 0 Å². The fourth-order valence-corrected chi connectivity index (χ4v) is 0.615. The lowest BCUT2D eigenvalue weighted by Crippen LogP contribution is -2.08. The molecule has 0 aliphatic carbocycles. The minimum absolute atomic E-state index is 0. The molecule has 0 heterocycles. The Morgan fingerprint density at radius 2 is 1.77 bits per heavy atom. The molecule has 0 amide bonds. The Balaban J connectivity index is -0.000000220. The van der Waals surface area contributed by atoms with Gasteiger partial charge in [-0.15, -0.1) is 12.4 Å².